The van der Waals surface area contributed by atoms with Crippen molar-refractivity contribution in [2.24, 2.45) is 0 Å². The van der Waals surface area contributed by atoms with Gasteiger partial charge in [-0.2, -0.15) is 0 Å². The van der Waals surface area contributed by atoms with E-state index in [1.54, 1.807) is 37.4 Å². The Morgan fingerprint density at radius 3 is 2.35 bits per heavy atom. The van der Waals surface area contributed by atoms with Gasteiger partial charge in [0.25, 0.3) is 15.9 Å². The SMILES string of the molecule is COc1ccc(CNC(=O)c2cc(S(=O)(=O)Nc3cccc(C)c3)c(Cl)cc2Cl)cc1. The van der Waals surface area contributed by atoms with Crippen molar-refractivity contribution < 1.29 is 17.9 Å². The molecule has 1 amide bonds. The molecule has 31 heavy (non-hydrogen) atoms. The predicted octanol–water partition coefficient (Wildman–Crippen LogP) is 5.04. The van der Waals surface area contributed by atoms with Crippen LogP contribution in [0.1, 0.15) is 21.5 Å². The molecule has 3 rings (SSSR count). The summed E-state index contributed by atoms with van der Waals surface area (Å²) in [5, 5.41) is 2.69. The van der Waals surface area contributed by atoms with Crippen LogP contribution in [0, 0.1) is 6.92 Å². The summed E-state index contributed by atoms with van der Waals surface area (Å²) >= 11 is 12.3. The molecule has 3 aromatic rings. The summed E-state index contributed by atoms with van der Waals surface area (Å²) in [5.74, 6) is 0.177. The Kier molecular flexibility index (Phi) is 7.10. The molecule has 0 radical (unpaired) electrons. The van der Waals surface area contributed by atoms with E-state index in [0.29, 0.717) is 11.4 Å². The van der Waals surface area contributed by atoms with Crippen molar-refractivity contribution in [2.75, 3.05) is 11.8 Å². The Morgan fingerprint density at radius 1 is 1.00 bits per heavy atom. The molecule has 0 aliphatic carbocycles. The number of nitrogens with one attached hydrogen (secondary N) is 2. The van der Waals surface area contributed by atoms with E-state index >= 15 is 0 Å². The van der Waals surface area contributed by atoms with Crippen LogP contribution < -0.4 is 14.8 Å². The summed E-state index contributed by atoms with van der Waals surface area (Å²) in [6, 6.07) is 16.5. The number of rotatable bonds is 7. The fourth-order valence-corrected chi connectivity index (χ4v) is 4.76. The molecule has 0 spiro atoms. The maximum absolute atomic E-state index is 12.9. The first kappa shape index (κ1) is 22.9. The van der Waals surface area contributed by atoms with Gasteiger partial charge in [-0.1, -0.05) is 47.5 Å². The number of halogens is 2. The fraction of sp³-hybridized carbons (Fsp3) is 0.136. The molecule has 0 unspecified atom stereocenters. The van der Waals surface area contributed by atoms with Crippen molar-refractivity contribution in [1.82, 2.24) is 5.32 Å². The van der Waals surface area contributed by atoms with Gasteiger partial charge >= 0.3 is 0 Å². The van der Waals surface area contributed by atoms with Crippen molar-refractivity contribution in [3.63, 3.8) is 0 Å². The number of benzene rings is 3. The van der Waals surface area contributed by atoms with Gasteiger partial charge in [0.2, 0.25) is 0 Å². The van der Waals surface area contributed by atoms with Crippen LogP contribution in [-0.4, -0.2) is 21.4 Å². The van der Waals surface area contributed by atoms with Gasteiger partial charge in [-0.3, -0.25) is 9.52 Å². The molecule has 0 aliphatic rings. The van der Waals surface area contributed by atoms with Crippen LogP contribution in [0.15, 0.2) is 65.6 Å². The lowest BCUT2D eigenvalue weighted by Crippen LogP contribution is -2.24. The van der Waals surface area contributed by atoms with Gasteiger partial charge in [-0.15, -0.1) is 0 Å². The highest BCUT2D eigenvalue weighted by atomic mass is 35.5. The number of carbonyl (C=O) groups is 1. The number of amides is 1. The van der Waals surface area contributed by atoms with Gasteiger partial charge in [-0.25, -0.2) is 8.42 Å². The zero-order valence-corrected chi connectivity index (χ0v) is 19.1. The summed E-state index contributed by atoms with van der Waals surface area (Å²) < 4.78 is 33.3. The lowest BCUT2D eigenvalue weighted by atomic mass is 10.2. The minimum Gasteiger partial charge on any atom is -0.497 e. The first-order valence-electron chi connectivity index (χ1n) is 9.19. The van der Waals surface area contributed by atoms with Crippen molar-refractivity contribution in [3.05, 3.63) is 87.4 Å². The minimum atomic E-state index is -4.04. The molecule has 3 aromatic carbocycles. The number of ether oxygens (including phenoxy) is 1. The second-order valence-corrected chi connectivity index (χ2v) is 9.23. The number of hydrogen-bond acceptors (Lipinski definition) is 4. The largest absolute Gasteiger partial charge is 0.497 e. The highest BCUT2D eigenvalue weighted by molar-refractivity contribution is 7.92. The van der Waals surface area contributed by atoms with Gasteiger partial charge in [0, 0.05) is 12.2 Å². The average Bonchev–Trinajstić information content (AvgIpc) is 2.72. The molecule has 0 aliphatic heterocycles. The molecule has 0 fully saturated rings. The number of methoxy groups -OCH3 is 1. The Hall–Kier alpha value is -2.74. The summed E-state index contributed by atoms with van der Waals surface area (Å²) in [6.07, 6.45) is 0. The molecule has 0 atom stereocenters. The van der Waals surface area contributed by atoms with E-state index in [4.69, 9.17) is 27.9 Å². The van der Waals surface area contributed by atoms with Crippen LogP contribution in [0.3, 0.4) is 0 Å². The smallest absolute Gasteiger partial charge is 0.263 e. The lowest BCUT2D eigenvalue weighted by Gasteiger charge is -2.13. The quantitative estimate of drug-likeness (QED) is 0.497. The molecule has 2 N–H and O–H groups in total. The Balaban J connectivity index is 1.83. The van der Waals surface area contributed by atoms with Gasteiger partial charge in [0.15, 0.2) is 0 Å². The Labute approximate surface area is 191 Å². The van der Waals surface area contributed by atoms with Crippen LogP contribution in [0.5, 0.6) is 5.75 Å². The van der Waals surface area contributed by atoms with Crippen molar-refractivity contribution in [3.8, 4) is 5.75 Å². The third kappa shape index (κ3) is 5.70. The number of hydrogen-bond donors (Lipinski definition) is 2. The zero-order valence-electron chi connectivity index (χ0n) is 16.8. The predicted molar refractivity (Wildman–Crippen MR) is 123 cm³/mol. The fourth-order valence-electron chi connectivity index (χ4n) is 2.85. The third-order valence-electron chi connectivity index (χ3n) is 4.44. The average molecular weight is 479 g/mol. The van der Waals surface area contributed by atoms with E-state index in [0.717, 1.165) is 11.1 Å². The standard InChI is InChI=1S/C22H20Cl2N2O4S/c1-14-4-3-5-16(10-14)26-31(28,29)21-11-18(19(23)12-20(21)24)22(27)25-13-15-6-8-17(30-2)9-7-15/h3-12,26H,13H2,1-2H3,(H,25,27). The molecule has 6 nitrogen and oxygen atoms in total. The van der Waals surface area contributed by atoms with E-state index in [1.807, 2.05) is 25.1 Å². The van der Waals surface area contributed by atoms with Gasteiger partial charge in [0.05, 0.1) is 22.7 Å². The molecule has 0 bridgehead atoms. The van der Waals surface area contributed by atoms with Crippen LogP contribution in [-0.2, 0) is 16.6 Å². The third-order valence-corrected chi connectivity index (χ3v) is 6.60. The van der Waals surface area contributed by atoms with Crippen molar-refractivity contribution in [2.45, 2.75) is 18.4 Å². The molecule has 0 saturated heterocycles. The highest BCUT2D eigenvalue weighted by Gasteiger charge is 2.23. The Morgan fingerprint density at radius 2 is 1.71 bits per heavy atom. The van der Waals surface area contributed by atoms with Gasteiger partial charge < -0.3 is 10.1 Å². The van der Waals surface area contributed by atoms with E-state index in [9.17, 15) is 13.2 Å². The molecule has 0 aromatic heterocycles. The first-order chi connectivity index (χ1) is 14.7. The van der Waals surface area contributed by atoms with Crippen molar-refractivity contribution >= 4 is 44.8 Å². The van der Waals surface area contributed by atoms with Crippen LogP contribution in [0.25, 0.3) is 0 Å². The first-order valence-corrected chi connectivity index (χ1v) is 11.4. The summed E-state index contributed by atoms with van der Waals surface area (Å²) in [4.78, 5) is 12.4. The van der Waals surface area contributed by atoms with Crippen LogP contribution in [0.2, 0.25) is 10.0 Å². The second kappa shape index (κ2) is 9.60. The van der Waals surface area contributed by atoms with Gasteiger partial charge in [0.1, 0.15) is 10.6 Å². The number of carbonyl (C=O) groups excluding carboxylic acids is 1. The maximum Gasteiger partial charge on any atom is 0.263 e. The molecule has 162 valence electrons. The molecular formula is C22H20Cl2N2O4S. The van der Waals surface area contributed by atoms with E-state index in [2.05, 4.69) is 10.0 Å². The molecule has 9 heteroatoms. The summed E-state index contributed by atoms with van der Waals surface area (Å²) in [7, 11) is -2.47. The second-order valence-electron chi connectivity index (χ2n) is 6.77. The monoisotopic (exact) mass is 478 g/mol. The molecular weight excluding hydrogens is 459 g/mol. The Bertz CT molecular complexity index is 1210. The molecule has 0 heterocycles. The van der Waals surface area contributed by atoms with E-state index in [-0.39, 0.29) is 27.0 Å². The van der Waals surface area contributed by atoms with Gasteiger partial charge in [-0.05, 0) is 54.4 Å². The van der Waals surface area contributed by atoms with Crippen LogP contribution in [0.4, 0.5) is 5.69 Å². The maximum atomic E-state index is 12.9. The topological polar surface area (TPSA) is 84.5 Å². The summed E-state index contributed by atoms with van der Waals surface area (Å²) in [6.45, 7) is 2.07. The molecule has 0 saturated carbocycles. The van der Waals surface area contributed by atoms with Crippen LogP contribution >= 0.6 is 23.2 Å². The van der Waals surface area contributed by atoms with E-state index in [1.165, 1.54) is 12.1 Å². The number of sulfonamides is 1. The minimum absolute atomic E-state index is 0.00388. The number of aryl methyl sites for hydroxylation is 1. The zero-order chi connectivity index (χ0) is 22.6. The summed E-state index contributed by atoms with van der Waals surface area (Å²) in [5.41, 5.74) is 2.12. The number of anilines is 1. The van der Waals surface area contributed by atoms with Crippen molar-refractivity contribution in [1.29, 1.82) is 0 Å². The highest BCUT2D eigenvalue weighted by Crippen LogP contribution is 2.30. The lowest BCUT2D eigenvalue weighted by molar-refractivity contribution is 0.0951. The van der Waals surface area contributed by atoms with E-state index < -0.39 is 15.9 Å². The normalized spacial score (nSPS) is 11.1.